The number of aromatic nitrogens is 2. The maximum Gasteiger partial charge on any atom is 0.330 e. The Morgan fingerprint density at radius 1 is 1.29 bits per heavy atom. The summed E-state index contributed by atoms with van der Waals surface area (Å²) < 4.78 is 19.3. The fourth-order valence-electron chi connectivity index (χ4n) is 5.11. The molecule has 5 rings (SSSR count). The fraction of sp³-hybridized carbons (Fsp3) is 0.444. The van der Waals surface area contributed by atoms with Crippen LogP contribution in [0.3, 0.4) is 0 Å². The predicted molar refractivity (Wildman–Crippen MR) is 151 cm³/mol. The van der Waals surface area contributed by atoms with Gasteiger partial charge in [0.05, 0.1) is 25.4 Å². The number of hydrogen-bond donors (Lipinski definition) is 1. The molecule has 4 heterocycles. The fourth-order valence-corrected chi connectivity index (χ4v) is 6.25. The normalized spacial score (nSPS) is 16.7. The second-order valence-electron chi connectivity index (χ2n) is 9.85. The molecule has 3 aromatic rings. The second-order valence-corrected chi connectivity index (χ2v) is 11.3. The first-order valence-electron chi connectivity index (χ1n) is 12.7. The van der Waals surface area contributed by atoms with Gasteiger partial charge in [0, 0.05) is 35.5 Å². The molecule has 0 saturated carbocycles. The summed E-state index contributed by atoms with van der Waals surface area (Å²) in [5.41, 5.74) is 4.94. The van der Waals surface area contributed by atoms with Gasteiger partial charge in [-0.05, 0) is 63.0 Å². The summed E-state index contributed by atoms with van der Waals surface area (Å²) in [4.78, 5) is 28.3. The summed E-state index contributed by atoms with van der Waals surface area (Å²) in [7, 11) is 3.75. The van der Waals surface area contributed by atoms with E-state index in [1.165, 1.54) is 34.6 Å². The van der Waals surface area contributed by atoms with Gasteiger partial charge >= 0.3 is 6.03 Å². The molecular formula is C27H32ClFN6O2S. The van der Waals surface area contributed by atoms with Crippen molar-refractivity contribution >= 4 is 52.1 Å². The minimum Gasteiger partial charge on any atom is -0.383 e. The molecule has 2 amide bonds. The monoisotopic (exact) mass is 558 g/mol. The maximum absolute atomic E-state index is 13.7. The number of alkyl halides is 1. The Kier molecular flexibility index (Phi) is 8.13. The first kappa shape index (κ1) is 26.8. The molecule has 202 valence electrons. The van der Waals surface area contributed by atoms with Gasteiger partial charge in [-0.15, -0.1) is 11.3 Å². The van der Waals surface area contributed by atoms with Gasteiger partial charge in [0.15, 0.2) is 0 Å². The number of fused-ring (bicyclic) bond motifs is 1. The number of likely N-dealkylation sites (tertiary alicyclic amines) is 1. The van der Waals surface area contributed by atoms with E-state index in [0.29, 0.717) is 39.9 Å². The Bertz CT molecular complexity index is 1310. The van der Waals surface area contributed by atoms with Crippen LogP contribution in [0.25, 0.3) is 0 Å². The van der Waals surface area contributed by atoms with E-state index in [1.807, 2.05) is 0 Å². The van der Waals surface area contributed by atoms with E-state index < -0.39 is 6.67 Å². The van der Waals surface area contributed by atoms with Crippen LogP contribution in [-0.2, 0) is 18.0 Å². The number of thiophene rings is 1. The van der Waals surface area contributed by atoms with Crippen LogP contribution in [0, 0.1) is 6.92 Å². The van der Waals surface area contributed by atoms with Crippen molar-refractivity contribution in [2.75, 3.05) is 55.5 Å². The molecule has 0 aliphatic carbocycles. The number of ether oxygens (including phenoxy) is 1. The topological polar surface area (TPSA) is 73.8 Å². The average molecular weight is 559 g/mol. The van der Waals surface area contributed by atoms with Crippen LogP contribution in [0.15, 0.2) is 29.8 Å². The number of hydrogen-bond acceptors (Lipinski definition) is 7. The summed E-state index contributed by atoms with van der Waals surface area (Å²) in [5, 5.41) is 4.98. The Labute approximate surface area is 231 Å². The highest BCUT2D eigenvalue weighted by Gasteiger charge is 2.35. The number of carbonyl (C=O) groups excluding carboxylic acids is 1. The van der Waals surface area contributed by atoms with Gasteiger partial charge in [0.2, 0.25) is 5.95 Å². The van der Waals surface area contributed by atoms with E-state index in [2.05, 4.69) is 47.4 Å². The van der Waals surface area contributed by atoms with Crippen molar-refractivity contribution in [3.8, 4) is 0 Å². The molecule has 0 spiro atoms. The lowest BCUT2D eigenvalue weighted by Crippen LogP contribution is -2.49. The zero-order valence-corrected chi connectivity index (χ0v) is 23.4. The number of carbonyl (C=O) groups is 1. The van der Waals surface area contributed by atoms with Crippen molar-refractivity contribution < 1.29 is 13.9 Å². The zero-order chi connectivity index (χ0) is 26.8. The largest absolute Gasteiger partial charge is 0.383 e. The van der Waals surface area contributed by atoms with E-state index in [9.17, 15) is 9.18 Å². The zero-order valence-electron chi connectivity index (χ0n) is 21.8. The molecular weight excluding hydrogens is 527 g/mol. The highest BCUT2D eigenvalue weighted by molar-refractivity contribution is 7.15. The van der Waals surface area contributed by atoms with E-state index in [1.54, 1.807) is 23.6 Å². The highest BCUT2D eigenvalue weighted by atomic mass is 35.5. The molecule has 1 fully saturated rings. The van der Waals surface area contributed by atoms with E-state index in [-0.39, 0.29) is 19.1 Å². The van der Waals surface area contributed by atoms with Gasteiger partial charge in [-0.1, -0.05) is 23.7 Å². The molecule has 0 atom stereocenters. The first-order valence-corrected chi connectivity index (χ1v) is 14.0. The van der Waals surface area contributed by atoms with Gasteiger partial charge in [-0.25, -0.2) is 14.2 Å². The van der Waals surface area contributed by atoms with E-state index in [4.69, 9.17) is 21.3 Å². The van der Waals surface area contributed by atoms with Crippen LogP contribution in [-0.4, -0.2) is 61.3 Å². The number of benzene rings is 1. The Morgan fingerprint density at radius 3 is 2.79 bits per heavy atom. The first-order chi connectivity index (χ1) is 18.4. The highest BCUT2D eigenvalue weighted by Crippen LogP contribution is 2.41. The predicted octanol–water partition coefficient (Wildman–Crippen LogP) is 6.12. The molecule has 0 bridgehead atoms. The van der Waals surface area contributed by atoms with Gasteiger partial charge in [-0.3, -0.25) is 9.80 Å². The number of aryl methyl sites for hydroxylation is 1. The van der Waals surface area contributed by atoms with Crippen LogP contribution >= 0.6 is 22.9 Å². The number of halogens is 2. The number of amides is 2. The molecule has 1 N–H and O–H groups in total. The molecule has 11 heteroatoms. The van der Waals surface area contributed by atoms with Gasteiger partial charge in [0.1, 0.15) is 16.8 Å². The van der Waals surface area contributed by atoms with Crippen LogP contribution in [0.4, 0.5) is 32.3 Å². The molecule has 2 aliphatic heterocycles. The summed E-state index contributed by atoms with van der Waals surface area (Å²) in [5.74, 6) is 1.49. The minimum atomic E-state index is -0.706. The third-order valence-electron chi connectivity index (χ3n) is 7.30. The van der Waals surface area contributed by atoms with Crippen molar-refractivity contribution in [2.45, 2.75) is 38.9 Å². The van der Waals surface area contributed by atoms with Crippen molar-refractivity contribution in [3.05, 3.63) is 56.4 Å². The number of nitrogens with zero attached hydrogens (tertiary/aromatic N) is 5. The third-order valence-corrected chi connectivity index (χ3v) is 8.55. The van der Waals surface area contributed by atoms with Gasteiger partial charge in [-0.2, -0.15) is 4.98 Å². The lowest BCUT2D eigenvalue weighted by atomic mass is 9.88. The van der Waals surface area contributed by atoms with Crippen LogP contribution in [0.5, 0.6) is 0 Å². The average Bonchev–Trinajstić information content (AvgIpc) is 3.29. The molecule has 38 heavy (non-hydrogen) atoms. The minimum absolute atomic E-state index is 0.200. The number of piperidine rings is 1. The van der Waals surface area contributed by atoms with Gasteiger partial charge in [0.25, 0.3) is 0 Å². The quantitative estimate of drug-likeness (QED) is 0.359. The van der Waals surface area contributed by atoms with Crippen LogP contribution < -0.4 is 15.1 Å². The van der Waals surface area contributed by atoms with Crippen molar-refractivity contribution in [3.63, 3.8) is 0 Å². The standard InChI is InChI=1S/C27H32ClFN6O2S/c1-17-12-19(18-6-8-33(2)9-7-18)4-5-22(17)31-26-30-14-21-15-35(23-20(13-29)16-38-24(23)28)27(36)34(10-11-37-3)25(21)32-26/h4-5,12,14,16,18H,6-11,13,15H2,1-3H3,(H,30,31,32). The van der Waals surface area contributed by atoms with Crippen molar-refractivity contribution in [2.24, 2.45) is 0 Å². The SMILES string of the molecule is COCCN1C(=O)N(c2c(CF)csc2Cl)Cc2cnc(Nc3ccc(C4CCN(C)CC4)cc3C)nc21. The molecule has 1 saturated heterocycles. The second kappa shape index (κ2) is 11.5. The lowest BCUT2D eigenvalue weighted by Gasteiger charge is -2.36. The molecule has 8 nitrogen and oxygen atoms in total. The number of anilines is 4. The summed E-state index contributed by atoms with van der Waals surface area (Å²) in [6.07, 6.45) is 4.05. The van der Waals surface area contributed by atoms with Crippen molar-refractivity contribution in [1.82, 2.24) is 14.9 Å². The summed E-state index contributed by atoms with van der Waals surface area (Å²) in [6, 6.07) is 6.19. The Morgan fingerprint density at radius 2 is 2.08 bits per heavy atom. The number of urea groups is 1. The Balaban J connectivity index is 1.41. The molecule has 0 radical (unpaired) electrons. The number of rotatable bonds is 8. The Hall–Kier alpha value is -2.79. The van der Waals surface area contributed by atoms with E-state index in [0.717, 1.165) is 29.9 Å². The van der Waals surface area contributed by atoms with Crippen LogP contribution in [0.1, 0.15) is 41.0 Å². The lowest BCUT2D eigenvalue weighted by molar-refractivity contribution is 0.202. The molecule has 2 aromatic heterocycles. The maximum atomic E-state index is 13.7. The third kappa shape index (κ3) is 5.36. The molecule has 1 aromatic carbocycles. The van der Waals surface area contributed by atoms with E-state index >= 15 is 0 Å². The smallest absolute Gasteiger partial charge is 0.330 e. The van der Waals surface area contributed by atoms with Gasteiger partial charge < -0.3 is 15.0 Å². The summed E-state index contributed by atoms with van der Waals surface area (Å²) >= 11 is 7.58. The summed E-state index contributed by atoms with van der Waals surface area (Å²) in [6.45, 7) is 4.42. The number of methoxy groups -OCH3 is 1. The van der Waals surface area contributed by atoms with Crippen molar-refractivity contribution in [1.29, 1.82) is 0 Å². The molecule has 0 unspecified atom stereocenters. The molecule has 2 aliphatic rings. The number of nitrogens with one attached hydrogen (secondary N) is 1. The van der Waals surface area contributed by atoms with Crippen LogP contribution in [0.2, 0.25) is 4.34 Å².